The van der Waals surface area contributed by atoms with Crippen LogP contribution in [0.4, 0.5) is 4.39 Å². The molecule has 0 atom stereocenters. The summed E-state index contributed by atoms with van der Waals surface area (Å²) in [6, 6.07) is 4.47. The summed E-state index contributed by atoms with van der Waals surface area (Å²) in [5.74, 6) is -0.601. The Balaban J connectivity index is 2.16. The summed E-state index contributed by atoms with van der Waals surface area (Å²) in [6.45, 7) is 10.4. The molecule has 1 fully saturated rings. The van der Waals surface area contributed by atoms with Crippen LogP contribution in [0.1, 0.15) is 33.3 Å². The van der Waals surface area contributed by atoms with Gasteiger partial charge >= 0.3 is 7.12 Å². The number of halogens is 1. The average Bonchev–Trinajstić information content (AvgIpc) is 2.27. The van der Waals surface area contributed by atoms with Crippen LogP contribution in [-0.4, -0.2) is 46.4 Å². The van der Waals surface area contributed by atoms with Gasteiger partial charge in [-0.2, -0.15) is 0 Å². The van der Waals surface area contributed by atoms with Gasteiger partial charge in [-0.05, 0) is 39.3 Å². The molecule has 0 spiro atoms. The Labute approximate surface area is 125 Å². The zero-order valence-corrected chi connectivity index (χ0v) is 13.1. The number of benzene rings is 1. The van der Waals surface area contributed by atoms with Gasteiger partial charge in [0.2, 0.25) is 0 Å². The predicted octanol–water partition coefficient (Wildman–Crippen LogP) is 0.895. The normalized spacial score (nSPS) is 21.3. The lowest BCUT2D eigenvalue weighted by molar-refractivity contribution is -0.182. The third-order valence-corrected chi connectivity index (χ3v) is 3.51. The summed E-state index contributed by atoms with van der Waals surface area (Å²) in [6.07, 6.45) is 0. The molecule has 116 valence electrons. The molecule has 2 rings (SSSR count). The van der Waals surface area contributed by atoms with Crippen LogP contribution in [0.3, 0.4) is 0 Å². The highest BCUT2D eigenvalue weighted by Gasteiger charge is 2.37. The Bertz CT molecular complexity index is 504. The van der Waals surface area contributed by atoms with Crippen molar-refractivity contribution in [1.82, 2.24) is 4.90 Å². The van der Waals surface area contributed by atoms with Crippen molar-refractivity contribution in [1.29, 1.82) is 0 Å². The van der Waals surface area contributed by atoms with Crippen LogP contribution in [0.25, 0.3) is 0 Å². The van der Waals surface area contributed by atoms with Gasteiger partial charge in [0.05, 0.1) is 11.2 Å². The Morgan fingerprint density at radius 1 is 1.19 bits per heavy atom. The maximum absolute atomic E-state index is 13.5. The van der Waals surface area contributed by atoms with E-state index in [-0.39, 0.29) is 16.7 Å². The minimum Gasteiger partial charge on any atom is -0.423 e. The molecular weight excluding hydrogens is 272 g/mol. The third-order valence-electron chi connectivity index (χ3n) is 3.51. The second kappa shape index (κ2) is 5.68. The van der Waals surface area contributed by atoms with Crippen molar-refractivity contribution in [3.63, 3.8) is 0 Å². The Kier molecular flexibility index (Phi) is 4.45. The molecule has 0 amide bonds. The van der Waals surface area contributed by atoms with Gasteiger partial charge < -0.3 is 14.8 Å². The lowest BCUT2D eigenvalue weighted by atomic mass is 9.79. The Morgan fingerprint density at radius 3 is 2.29 bits per heavy atom. The van der Waals surface area contributed by atoms with Gasteiger partial charge in [-0.3, -0.25) is 4.90 Å². The van der Waals surface area contributed by atoms with E-state index in [1.165, 1.54) is 12.1 Å². The summed E-state index contributed by atoms with van der Waals surface area (Å²) in [5, 5.41) is 18.4. The number of nitrogens with zero attached hydrogens (tertiary/aromatic N) is 1. The summed E-state index contributed by atoms with van der Waals surface area (Å²) < 4.78 is 19.5. The van der Waals surface area contributed by atoms with E-state index in [0.29, 0.717) is 6.54 Å². The van der Waals surface area contributed by atoms with Crippen molar-refractivity contribution < 1.29 is 19.2 Å². The van der Waals surface area contributed by atoms with Gasteiger partial charge in [-0.1, -0.05) is 12.1 Å². The molecule has 0 radical (unpaired) electrons. The predicted molar refractivity (Wildman–Crippen MR) is 80.7 cm³/mol. The summed E-state index contributed by atoms with van der Waals surface area (Å²) in [7, 11) is -1.79. The minimum absolute atomic E-state index is 0.0840. The monoisotopic (exact) mass is 295 g/mol. The number of hydrogen-bond donors (Lipinski definition) is 2. The fourth-order valence-electron chi connectivity index (χ4n) is 3.20. The fraction of sp³-hybridized carbons (Fsp3) is 0.600. The van der Waals surface area contributed by atoms with Crippen LogP contribution >= 0.6 is 0 Å². The van der Waals surface area contributed by atoms with Gasteiger partial charge in [0, 0.05) is 25.1 Å². The fourth-order valence-corrected chi connectivity index (χ4v) is 3.20. The topological polar surface area (TPSA) is 52.9 Å². The summed E-state index contributed by atoms with van der Waals surface area (Å²) in [4.78, 5) is 2.24. The van der Waals surface area contributed by atoms with Crippen LogP contribution in [0, 0.1) is 5.82 Å². The quantitative estimate of drug-likeness (QED) is 0.813. The molecule has 1 aromatic carbocycles. The number of morpholine rings is 1. The molecule has 4 nitrogen and oxygen atoms in total. The highest BCUT2D eigenvalue weighted by atomic mass is 19.1. The molecule has 1 saturated heterocycles. The van der Waals surface area contributed by atoms with Crippen LogP contribution in [0.2, 0.25) is 0 Å². The van der Waals surface area contributed by atoms with E-state index in [2.05, 4.69) is 32.6 Å². The minimum atomic E-state index is -1.79. The van der Waals surface area contributed by atoms with Crippen molar-refractivity contribution in [2.45, 2.75) is 45.4 Å². The molecule has 0 aliphatic carbocycles. The molecule has 6 heteroatoms. The third kappa shape index (κ3) is 4.26. The number of ether oxygens (including phenoxy) is 1. The van der Waals surface area contributed by atoms with Crippen LogP contribution in [-0.2, 0) is 11.3 Å². The molecule has 1 aliphatic rings. The SMILES string of the molecule is CC1(C)CN(Cc2ccc(F)c(B(O)O)c2)CC(C)(C)O1. The van der Waals surface area contributed by atoms with Crippen molar-refractivity contribution in [3.8, 4) is 0 Å². The molecule has 1 aliphatic heterocycles. The van der Waals surface area contributed by atoms with E-state index in [1.54, 1.807) is 6.07 Å². The molecule has 1 heterocycles. The molecule has 0 unspecified atom stereocenters. The first-order valence-corrected chi connectivity index (χ1v) is 7.15. The zero-order valence-electron chi connectivity index (χ0n) is 13.1. The second-order valence-electron chi connectivity index (χ2n) is 7.00. The highest BCUT2D eigenvalue weighted by Crippen LogP contribution is 2.28. The molecule has 2 N–H and O–H groups in total. The molecule has 1 aromatic rings. The van der Waals surface area contributed by atoms with E-state index < -0.39 is 12.9 Å². The average molecular weight is 295 g/mol. The van der Waals surface area contributed by atoms with Crippen molar-refractivity contribution in [3.05, 3.63) is 29.6 Å². The van der Waals surface area contributed by atoms with Gasteiger partial charge in [0.25, 0.3) is 0 Å². The Morgan fingerprint density at radius 2 is 1.76 bits per heavy atom. The zero-order chi connectivity index (χ0) is 15.8. The van der Waals surface area contributed by atoms with Gasteiger partial charge in [-0.15, -0.1) is 0 Å². The largest absolute Gasteiger partial charge is 0.491 e. The van der Waals surface area contributed by atoms with E-state index in [0.717, 1.165) is 18.7 Å². The smallest absolute Gasteiger partial charge is 0.423 e. The van der Waals surface area contributed by atoms with Crippen molar-refractivity contribution >= 4 is 12.6 Å². The second-order valence-corrected chi connectivity index (χ2v) is 7.00. The maximum Gasteiger partial charge on any atom is 0.491 e. The lowest BCUT2D eigenvalue weighted by Gasteiger charge is -2.47. The van der Waals surface area contributed by atoms with E-state index in [1.807, 2.05) is 0 Å². The van der Waals surface area contributed by atoms with Gasteiger partial charge in [-0.25, -0.2) is 4.39 Å². The van der Waals surface area contributed by atoms with Crippen molar-refractivity contribution in [2.24, 2.45) is 0 Å². The summed E-state index contributed by atoms with van der Waals surface area (Å²) in [5.41, 5.74) is 0.273. The van der Waals surface area contributed by atoms with E-state index in [9.17, 15) is 14.4 Å². The maximum atomic E-state index is 13.5. The molecule has 0 aromatic heterocycles. The number of hydrogen-bond acceptors (Lipinski definition) is 4. The van der Waals surface area contributed by atoms with Crippen LogP contribution in [0.5, 0.6) is 0 Å². The standard InChI is InChI=1S/C15H23BFNO3/c1-14(2)9-18(10-15(3,4)21-14)8-11-5-6-13(17)12(7-11)16(19)20/h5-7,19-20H,8-10H2,1-4H3. The highest BCUT2D eigenvalue weighted by molar-refractivity contribution is 6.58. The van der Waals surface area contributed by atoms with Gasteiger partial charge in [0.15, 0.2) is 0 Å². The first-order chi connectivity index (χ1) is 9.58. The van der Waals surface area contributed by atoms with E-state index in [4.69, 9.17) is 4.74 Å². The van der Waals surface area contributed by atoms with Crippen LogP contribution in [0.15, 0.2) is 18.2 Å². The first-order valence-electron chi connectivity index (χ1n) is 7.15. The Hall–Kier alpha value is -0.945. The van der Waals surface area contributed by atoms with Crippen molar-refractivity contribution in [2.75, 3.05) is 13.1 Å². The lowest BCUT2D eigenvalue weighted by Crippen LogP contribution is -2.56. The van der Waals surface area contributed by atoms with Crippen LogP contribution < -0.4 is 5.46 Å². The van der Waals surface area contributed by atoms with Gasteiger partial charge in [0.1, 0.15) is 5.82 Å². The number of rotatable bonds is 3. The first kappa shape index (κ1) is 16.4. The molecule has 0 saturated carbocycles. The van der Waals surface area contributed by atoms with E-state index >= 15 is 0 Å². The molecule has 21 heavy (non-hydrogen) atoms. The summed E-state index contributed by atoms with van der Waals surface area (Å²) >= 11 is 0. The molecular formula is C15H23BFNO3. The molecule has 0 bridgehead atoms.